The van der Waals surface area contributed by atoms with Crippen LogP contribution in [-0.2, 0) is 11.2 Å². The third-order valence-electron chi connectivity index (χ3n) is 3.69. The molecule has 1 aromatic rings. The zero-order valence-electron chi connectivity index (χ0n) is 11.5. The molecule has 1 atom stereocenters. The van der Waals surface area contributed by atoms with E-state index in [1.54, 1.807) is 0 Å². The number of hydrogen-bond donors (Lipinski definition) is 1. The topological polar surface area (TPSA) is 38.7 Å². The highest BCUT2D eigenvalue weighted by Gasteiger charge is 2.37. The minimum Gasteiger partial charge on any atom is -0.461 e. The maximum absolute atomic E-state index is 9.18. The fourth-order valence-corrected chi connectivity index (χ4v) is 2.73. The van der Waals surface area contributed by atoms with E-state index in [2.05, 4.69) is 0 Å². The van der Waals surface area contributed by atoms with Crippen LogP contribution >= 0.6 is 11.6 Å². The van der Waals surface area contributed by atoms with E-state index in [1.807, 2.05) is 32.0 Å². The molecule has 0 saturated carbocycles. The summed E-state index contributed by atoms with van der Waals surface area (Å²) in [4.78, 5) is 0. The molecular weight excluding hydrogens is 264 g/mol. The first-order valence-electron chi connectivity index (χ1n) is 6.89. The van der Waals surface area contributed by atoms with Gasteiger partial charge in [0.1, 0.15) is 5.75 Å². The van der Waals surface area contributed by atoms with Gasteiger partial charge < -0.3 is 14.6 Å². The molecular formula is C15H21ClO3. The summed E-state index contributed by atoms with van der Waals surface area (Å²) in [7, 11) is 0. The Balaban J connectivity index is 2.40. The second-order valence-electron chi connectivity index (χ2n) is 4.90. The van der Waals surface area contributed by atoms with Gasteiger partial charge in [0.25, 0.3) is 0 Å². The van der Waals surface area contributed by atoms with E-state index in [4.69, 9.17) is 21.1 Å². The smallest absolute Gasteiger partial charge is 0.210 e. The molecule has 1 N–H and O–H groups in total. The molecule has 0 bridgehead atoms. The number of hydrogen-bond acceptors (Lipinski definition) is 3. The van der Waals surface area contributed by atoms with Crippen LogP contribution in [-0.4, -0.2) is 23.6 Å². The maximum atomic E-state index is 9.18. The van der Waals surface area contributed by atoms with Crippen LogP contribution in [0.15, 0.2) is 18.2 Å². The molecule has 3 nitrogen and oxygen atoms in total. The molecule has 0 spiro atoms. The van der Waals surface area contributed by atoms with Crippen molar-refractivity contribution in [3.63, 3.8) is 0 Å². The Morgan fingerprint density at radius 2 is 2.11 bits per heavy atom. The molecule has 0 radical (unpaired) electrons. The standard InChI is InChI=1S/C15H21ClO3/c1-3-15(4-2)18-12(8-9-17)10-11-6-5-7-13(16)14(11)19-15/h5-7,12,17H,3-4,8-10H2,1-2H3. The van der Waals surface area contributed by atoms with Crippen LogP contribution in [0.1, 0.15) is 38.7 Å². The van der Waals surface area contributed by atoms with Crippen LogP contribution in [0, 0.1) is 0 Å². The second-order valence-corrected chi connectivity index (χ2v) is 5.31. The molecule has 1 unspecified atom stereocenters. The van der Waals surface area contributed by atoms with Crippen molar-refractivity contribution in [2.24, 2.45) is 0 Å². The first kappa shape index (κ1) is 14.6. The van der Waals surface area contributed by atoms with E-state index in [0.717, 1.165) is 30.6 Å². The summed E-state index contributed by atoms with van der Waals surface area (Å²) >= 11 is 6.25. The Hall–Kier alpha value is -0.770. The predicted octanol–water partition coefficient (Wildman–Crippen LogP) is 3.56. The Bertz CT molecular complexity index is 429. The van der Waals surface area contributed by atoms with Crippen LogP contribution < -0.4 is 4.74 Å². The quantitative estimate of drug-likeness (QED) is 0.919. The van der Waals surface area contributed by atoms with Crippen molar-refractivity contribution < 1.29 is 14.6 Å². The van der Waals surface area contributed by atoms with Gasteiger partial charge in [0.2, 0.25) is 5.79 Å². The third kappa shape index (κ3) is 3.04. The zero-order chi connectivity index (χ0) is 13.9. The molecule has 106 valence electrons. The molecule has 0 fully saturated rings. The largest absolute Gasteiger partial charge is 0.461 e. The highest BCUT2D eigenvalue weighted by molar-refractivity contribution is 6.32. The highest BCUT2D eigenvalue weighted by atomic mass is 35.5. The molecule has 0 saturated heterocycles. The van der Waals surface area contributed by atoms with Gasteiger partial charge in [-0.2, -0.15) is 0 Å². The van der Waals surface area contributed by atoms with E-state index < -0.39 is 5.79 Å². The summed E-state index contributed by atoms with van der Waals surface area (Å²) in [6.45, 7) is 4.20. The Morgan fingerprint density at radius 3 is 2.74 bits per heavy atom. The molecule has 4 heteroatoms. The average molecular weight is 285 g/mol. The van der Waals surface area contributed by atoms with Gasteiger partial charge in [-0.1, -0.05) is 37.6 Å². The number of rotatable bonds is 4. The lowest BCUT2D eigenvalue weighted by atomic mass is 10.0. The lowest BCUT2D eigenvalue weighted by molar-refractivity contribution is -0.211. The molecule has 1 aliphatic rings. The fourth-order valence-electron chi connectivity index (χ4n) is 2.50. The lowest BCUT2D eigenvalue weighted by Gasteiger charge is -2.33. The van der Waals surface area contributed by atoms with Crippen molar-refractivity contribution in [2.75, 3.05) is 6.61 Å². The number of ether oxygens (including phenoxy) is 2. The summed E-state index contributed by atoms with van der Waals surface area (Å²) in [5, 5.41) is 9.80. The molecule has 19 heavy (non-hydrogen) atoms. The molecule has 0 aliphatic carbocycles. The van der Waals surface area contributed by atoms with Crippen LogP contribution in [0.5, 0.6) is 5.75 Å². The van der Waals surface area contributed by atoms with E-state index in [-0.39, 0.29) is 12.7 Å². The highest BCUT2D eigenvalue weighted by Crippen LogP contribution is 2.39. The fraction of sp³-hybridized carbons (Fsp3) is 0.600. The molecule has 0 amide bonds. The predicted molar refractivity (Wildman–Crippen MR) is 75.7 cm³/mol. The van der Waals surface area contributed by atoms with Crippen LogP contribution in [0.4, 0.5) is 0 Å². The van der Waals surface area contributed by atoms with Crippen LogP contribution in [0.3, 0.4) is 0 Å². The summed E-state index contributed by atoms with van der Waals surface area (Å²) in [5.74, 6) is 0.0871. The van der Waals surface area contributed by atoms with Gasteiger partial charge in [0.15, 0.2) is 0 Å². The summed E-state index contributed by atoms with van der Waals surface area (Å²) < 4.78 is 12.2. The number of aliphatic hydroxyl groups excluding tert-OH is 1. The van der Waals surface area contributed by atoms with Gasteiger partial charge in [-0.15, -0.1) is 0 Å². The van der Waals surface area contributed by atoms with Crippen LogP contribution in [0.2, 0.25) is 5.02 Å². The van der Waals surface area contributed by atoms with Gasteiger partial charge in [0.05, 0.1) is 11.1 Å². The Morgan fingerprint density at radius 1 is 1.37 bits per heavy atom. The van der Waals surface area contributed by atoms with E-state index in [9.17, 15) is 5.11 Å². The minimum absolute atomic E-state index is 0.0374. The van der Waals surface area contributed by atoms with E-state index in [0.29, 0.717) is 11.4 Å². The lowest BCUT2D eigenvalue weighted by Crippen LogP contribution is -2.40. The minimum atomic E-state index is -0.643. The molecule has 1 aliphatic heterocycles. The number of fused-ring (bicyclic) bond motifs is 1. The summed E-state index contributed by atoms with van der Waals surface area (Å²) in [6.07, 6.45) is 2.78. The molecule has 0 aromatic heterocycles. The van der Waals surface area contributed by atoms with Crippen molar-refractivity contribution in [3.8, 4) is 5.75 Å². The van der Waals surface area contributed by atoms with Crippen molar-refractivity contribution in [2.45, 2.75) is 51.4 Å². The normalized spacial score (nSPS) is 21.4. The third-order valence-corrected chi connectivity index (χ3v) is 3.99. The van der Waals surface area contributed by atoms with E-state index >= 15 is 0 Å². The number of aliphatic hydroxyl groups is 1. The molecule has 1 aromatic carbocycles. The first-order valence-corrected chi connectivity index (χ1v) is 7.27. The number of halogens is 1. The van der Waals surface area contributed by atoms with Crippen molar-refractivity contribution >= 4 is 11.6 Å². The summed E-state index contributed by atoms with van der Waals surface area (Å²) in [5.41, 5.74) is 1.05. The molecule has 2 rings (SSSR count). The van der Waals surface area contributed by atoms with E-state index in [1.165, 1.54) is 0 Å². The van der Waals surface area contributed by atoms with Crippen molar-refractivity contribution in [1.82, 2.24) is 0 Å². The van der Waals surface area contributed by atoms with Gasteiger partial charge in [-0.25, -0.2) is 0 Å². The summed E-state index contributed by atoms with van der Waals surface area (Å²) in [6, 6.07) is 5.77. The first-order chi connectivity index (χ1) is 9.14. The van der Waals surface area contributed by atoms with Crippen molar-refractivity contribution in [1.29, 1.82) is 0 Å². The van der Waals surface area contributed by atoms with Gasteiger partial charge >= 0.3 is 0 Å². The van der Waals surface area contributed by atoms with Crippen molar-refractivity contribution in [3.05, 3.63) is 28.8 Å². The van der Waals surface area contributed by atoms with Crippen LogP contribution in [0.25, 0.3) is 0 Å². The number of benzene rings is 1. The number of para-hydroxylation sites is 1. The maximum Gasteiger partial charge on any atom is 0.210 e. The van der Waals surface area contributed by atoms with Gasteiger partial charge in [-0.05, 0) is 18.1 Å². The van der Waals surface area contributed by atoms with Gasteiger partial charge in [-0.3, -0.25) is 0 Å². The zero-order valence-corrected chi connectivity index (χ0v) is 12.2. The second kappa shape index (κ2) is 6.12. The SMILES string of the molecule is CCC1(CC)Oc2c(Cl)cccc2CC(CCO)O1. The molecule has 1 heterocycles. The Kier molecular flexibility index (Phi) is 4.71. The monoisotopic (exact) mass is 284 g/mol. The average Bonchev–Trinajstić information content (AvgIpc) is 2.57. The Labute approximate surface area is 119 Å². The van der Waals surface area contributed by atoms with Gasteiger partial charge in [0, 0.05) is 25.9 Å².